The normalized spacial score (nSPS) is 17.0. The molecule has 3 N–H and O–H groups in total. The van der Waals surface area contributed by atoms with E-state index in [1.807, 2.05) is 31.7 Å². The number of alkyl halides is 2. The summed E-state index contributed by atoms with van der Waals surface area (Å²) in [5.41, 5.74) is 0.657. The van der Waals surface area contributed by atoms with Crippen LogP contribution in [-0.4, -0.2) is 56.7 Å². The number of ether oxygens (including phenoxy) is 1. The van der Waals surface area contributed by atoms with Gasteiger partial charge in [-0.15, -0.1) is 0 Å². The average molecular weight is 411 g/mol. The maximum atomic E-state index is 12.7. The second-order valence-corrected chi connectivity index (χ2v) is 7.16. The van der Waals surface area contributed by atoms with Crippen LogP contribution in [0.1, 0.15) is 33.6 Å². The molecule has 1 atom stereocenters. The van der Waals surface area contributed by atoms with Crippen LogP contribution in [0.25, 0.3) is 0 Å². The van der Waals surface area contributed by atoms with Crippen LogP contribution in [0, 0.1) is 0 Å². The third kappa shape index (κ3) is 7.75. The summed E-state index contributed by atoms with van der Waals surface area (Å²) in [5, 5.41) is 9.39. The summed E-state index contributed by atoms with van der Waals surface area (Å²) < 4.78 is 30.0. The first-order valence-corrected chi connectivity index (χ1v) is 10.0. The van der Waals surface area contributed by atoms with Crippen LogP contribution >= 0.6 is 0 Å². The molecule has 0 spiro atoms. The van der Waals surface area contributed by atoms with Crippen molar-refractivity contribution < 1.29 is 18.3 Å². The molecule has 0 radical (unpaired) electrons. The van der Waals surface area contributed by atoms with Gasteiger partial charge in [0.15, 0.2) is 5.96 Å². The third-order valence-corrected chi connectivity index (χ3v) is 4.35. The first-order valence-electron chi connectivity index (χ1n) is 10.0. The molecule has 162 valence electrons. The smallest absolute Gasteiger partial charge is 0.387 e. The van der Waals surface area contributed by atoms with Crippen LogP contribution in [0.2, 0.25) is 0 Å². The van der Waals surface area contributed by atoms with Crippen LogP contribution in [0.3, 0.4) is 0 Å². The van der Waals surface area contributed by atoms with E-state index < -0.39 is 6.61 Å². The maximum absolute atomic E-state index is 12.7. The molecule has 9 heteroatoms. The van der Waals surface area contributed by atoms with Crippen LogP contribution < -0.4 is 25.6 Å². The fourth-order valence-corrected chi connectivity index (χ4v) is 3.19. The van der Waals surface area contributed by atoms with E-state index in [2.05, 4.69) is 25.7 Å². The number of carbonyl (C=O) groups excluding carboxylic acids is 1. The molecule has 1 amide bonds. The van der Waals surface area contributed by atoms with E-state index >= 15 is 0 Å². The number of benzene rings is 1. The van der Waals surface area contributed by atoms with E-state index in [1.165, 1.54) is 0 Å². The number of anilines is 1. The number of rotatable bonds is 9. The predicted molar refractivity (Wildman–Crippen MR) is 111 cm³/mol. The Hall–Kier alpha value is -2.58. The van der Waals surface area contributed by atoms with Crippen LogP contribution in [0.4, 0.5) is 14.5 Å². The largest absolute Gasteiger partial charge is 0.433 e. The lowest BCUT2D eigenvalue weighted by molar-refractivity contribution is -0.121. The van der Waals surface area contributed by atoms with Gasteiger partial charge in [0.1, 0.15) is 5.75 Å². The number of hydrogen-bond donors (Lipinski definition) is 3. The second-order valence-electron chi connectivity index (χ2n) is 7.16. The Bertz CT molecular complexity index is 685. The van der Waals surface area contributed by atoms with E-state index in [4.69, 9.17) is 0 Å². The molecular weight excluding hydrogens is 380 g/mol. The minimum Gasteiger partial charge on any atom is -0.433 e. The third-order valence-electron chi connectivity index (χ3n) is 4.35. The fourth-order valence-electron chi connectivity index (χ4n) is 3.19. The number of halogens is 2. The molecular formula is C20H31F2N5O2. The number of guanidine groups is 1. The van der Waals surface area contributed by atoms with Gasteiger partial charge in [0.25, 0.3) is 0 Å². The Kier molecular flexibility index (Phi) is 8.95. The van der Waals surface area contributed by atoms with Crippen LogP contribution in [0.15, 0.2) is 29.3 Å². The van der Waals surface area contributed by atoms with Crippen molar-refractivity contribution in [3.8, 4) is 5.75 Å². The summed E-state index contributed by atoms with van der Waals surface area (Å²) in [5.74, 6) is 0.802. The Balaban J connectivity index is 1.92. The molecule has 7 nitrogen and oxygen atoms in total. The van der Waals surface area contributed by atoms with Crippen LogP contribution in [-0.2, 0) is 4.79 Å². The molecule has 1 aromatic carbocycles. The molecule has 29 heavy (non-hydrogen) atoms. The maximum Gasteiger partial charge on any atom is 0.387 e. The van der Waals surface area contributed by atoms with Gasteiger partial charge in [-0.1, -0.05) is 12.1 Å². The minimum atomic E-state index is -2.85. The number of amides is 1. The van der Waals surface area contributed by atoms with Gasteiger partial charge in [-0.2, -0.15) is 8.78 Å². The molecule has 1 heterocycles. The first-order chi connectivity index (χ1) is 13.9. The SMILES string of the molecule is CCNC(=NCCC(=O)NC(C)C)NC1CCN(c2ccccc2OC(F)F)C1. The molecule has 2 rings (SSSR count). The quantitative estimate of drug-likeness (QED) is 0.430. The lowest BCUT2D eigenvalue weighted by Crippen LogP contribution is -2.44. The second kappa shape index (κ2) is 11.4. The summed E-state index contributed by atoms with van der Waals surface area (Å²) in [7, 11) is 0. The molecule has 1 aliphatic heterocycles. The number of nitrogens with one attached hydrogen (secondary N) is 3. The Morgan fingerprint density at radius 3 is 2.79 bits per heavy atom. The van der Waals surface area contributed by atoms with Gasteiger partial charge in [0.2, 0.25) is 5.91 Å². The van der Waals surface area contributed by atoms with E-state index in [9.17, 15) is 13.6 Å². The average Bonchev–Trinajstić information content (AvgIpc) is 3.09. The van der Waals surface area contributed by atoms with Crippen molar-refractivity contribution in [1.29, 1.82) is 0 Å². The standard InChI is InChI=1S/C20H31F2N5O2/c1-4-23-20(24-11-9-18(28)25-14(2)3)26-15-10-12-27(13-15)16-7-5-6-8-17(16)29-19(21)22/h5-8,14-15,19H,4,9-13H2,1-3H3,(H,25,28)(H2,23,24,26). The van der Waals surface area contributed by atoms with E-state index in [-0.39, 0.29) is 23.7 Å². The summed E-state index contributed by atoms with van der Waals surface area (Å²) in [6.45, 7) is 5.40. The number of para-hydroxylation sites is 2. The van der Waals surface area contributed by atoms with Crippen molar-refractivity contribution >= 4 is 17.6 Å². The molecule has 1 fully saturated rings. The molecule has 0 aliphatic carbocycles. The van der Waals surface area contributed by atoms with Crippen molar-refractivity contribution in [3.63, 3.8) is 0 Å². The molecule has 1 saturated heterocycles. The monoisotopic (exact) mass is 411 g/mol. The summed E-state index contributed by atoms with van der Waals surface area (Å²) >= 11 is 0. The zero-order valence-corrected chi connectivity index (χ0v) is 17.3. The van der Waals surface area contributed by atoms with Gasteiger partial charge in [0.05, 0.1) is 12.2 Å². The van der Waals surface area contributed by atoms with Crippen molar-refractivity contribution in [2.45, 2.75) is 52.3 Å². The highest BCUT2D eigenvalue weighted by Gasteiger charge is 2.26. The van der Waals surface area contributed by atoms with Gasteiger partial charge in [0, 0.05) is 38.1 Å². The number of carbonyl (C=O) groups is 1. The van der Waals surface area contributed by atoms with Crippen molar-refractivity contribution in [1.82, 2.24) is 16.0 Å². The summed E-state index contributed by atoms with van der Waals surface area (Å²) in [6, 6.07) is 7.04. The van der Waals surface area contributed by atoms with Crippen molar-refractivity contribution in [2.75, 3.05) is 31.1 Å². The van der Waals surface area contributed by atoms with Gasteiger partial charge in [-0.25, -0.2) is 0 Å². The highest BCUT2D eigenvalue weighted by molar-refractivity contribution is 5.81. The first kappa shape index (κ1) is 22.7. The zero-order valence-electron chi connectivity index (χ0n) is 17.3. The predicted octanol–water partition coefficient (Wildman–Crippen LogP) is 2.34. The Labute approximate surface area is 170 Å². The number of aliphatic imine (C=N–C) groups is 1. The number of hydrogen-bond acceptors (Lipinski definition) is 4. The van der Waals surface area contributed by atoms with Gasteiger partial charge < -0.3 is 25.6 Å². The Morgan fingerprint density at radius 2 is 2.10 bits per heavy atom. The molecule has 1 aliphatic rings. The summed E-state index contributed by atoms with van der Waals surface area (Å²) in [4.78, 5) is 18.2. The van der Waals surface area contributed by atoms with Crippen molar-refractivity contribution in [2.24, 2.45) is 4.99 Å². The lowest BCUT2D eigenvalue weighted by atomic mass is 10.2. The van der Waals surface area contributed by atoms with Gasteiger partial charge >= 0.3 is 6.61 Å². The van der Waals surface area contributed by atoms with Crippen LogP contribution in [0.5, 0.6) is 5.75 Å². The lowest BCUT2D eigenvalue weighted by Gasteiger charge is -2.22. The zero-order chi connectivity index (χ0) is 21.2. The Morgan fingerprint density at radius 1 is 1.34 bits per heavy atom. The molecule has 0 saturated carbocycles. The van der Waals surface area contributed by atoms with E-state index in [0.717, 1.165) is 13.0 Å². The highest BCUT2D eigenvalue weighted by atomic mass is 19.3. The molecule has 1 aromatic rings. The van der Waals surface area contributed by atoms with Crippen molar-refractivity contribution in [3.05, 3.63) is 24.3 Å². The van der Waals surface area contributed by atoms with Gasteiger partial charge in [-0.05, 0) is 39.3 Å². The fraction of sp³-hybridized carbons (Fsp3) is 0.600. The van der Waals surface area contributed by atoms with E-state index in [1.54, 1.807) is 18.2 Å². The van der Waals surface area contributed by atoms with Gasteiger partial charge in [-0.3, -0.25) is 9.79 Å². The highest BCUT2D eigenvalue weighted by Crippen LogP contribution is 2.31. The number of nitrogens with zero attached hydrogens (tertiary/aromatic N) is 2. The summed E-state index contributed by atoms with van der Waals surface area (Å²) in [6.07, 6.45) is 1.16. The molecule has 1 unspecified atom stereocenters. The minimum absolute atomic E-state index is 0.0257. The molecule has 0 bridgehead atoms. The van der Waals surface area contributed by atoms with E-state index in [0.29, 0.717) is 37.7 Å². The molecule has 0 aromatic heterocycles. The topological polar surface area (TPSA) is 78.0 Å².